The Hall–Kier alpha value is -10.3. The summed E-state index contributed by atoms with van der Waals surface area (Å²) >= 11 is 0. The number of ether oxygens (including phenoxy) is 1. The summed E-state index contributed by atoms with van der Waals surface area (Å²) in [5.74, 6) is 0.112. The molecule has 2 aliphatic rings. The number of hydrogen-bond acceptors (Lipinski definition) is 15. The molecule has 98 heavy (non-hydrogen) atoms. The summed E-state index contributed by atoms with van der Waals surface area (Å²) in [4.78, 5) is 85.1. The van der Waals surface area contributed by atoms with E-state index in [1.165, 1.54) is 52.2 Å². The quantitative estimate of drug-likeness (QED) is 0.0531. The van der Waals surface area contributed by atoms with E-state index in [0.29, 0.717) is 51.3 Å². The van der Waals surface area contributed by atoms with Crippen molar-refractivity contribution in [2.24, 2.45) is 0 Å². The molecule has 0 bridgehead atoms. The van der Waals surface area contributed by atoms with Gasteiger partial charge < -0.3 is 45.1 Å². The van der Waals surface area contributed by atoms with Gasteiger partial charge in [0, 0.05) is 67.2 Å². The molecule has 12 rings (SSSR count). The molecule has 10 aromatic rings. The SMILES string of the molecule is CC(C)=C(C)Nc1cccnc1.CC(C)[Si](Oc1c2c(nc3cccnc13)C(O)N(Cc1ccc(F)cc1)C2=O)(C(C)C)C(C)C.CC1c2[nH]c3cccnc3c(=O)c2C(=O)N1Cc1ccc(F)cc1.CCOC(C)=C(C)C.Cc1[nH]c2cccnc2c(=O)c1C.Nc1cccnc1. The molecule has 0 aliphatic carbocycles. The molecule has 0 fully saturated rings. The number of carbonyl (C=O) groups is 2. The zero-order valence-corrected chi connectivity index (χ0v) is 59.7. The predicted octanol–water partition coefficient (Wildman–Crippen LogP) is 16.1. The fourth-order valence-electron chi connectivity index (χ4n) is 11.4. The molecular formula is C76H90F2N12O7Si. The van der Waals surface area contributed by atoms with Crippen molar-refractivity contribution < 1.29 is 32.6 Å². The molecule has 22 heteroatoms. The Kier molecular flexibility index (Phi) is 26.1. The number of pyridine rings is 8. The van der Waals surface area contributed by atoms with E-state index in [0.717, 1.165) is 40.4 Å². The van der Waals surface area contributed by atoms with E-state index >= 15 is 0 Å². The van der Waals surface area contributed by atoms with Crippen molar-refractivity contribution in [3.05, 3.63) is 252 Å². The topological polar surface area (TPSA) is 260 Å². The number of halogens is 2. The van der Waals surface area contributed by atoms with Crippen LogP contribution in [0.2, 0.25) is 16.6 Å². The maximum absolute atomic E-state index is 13.7. The normalized spacial score (nSPS) is 13.6. The van der Waals surface area contributed by atoms with E-state index in [9.17, 15) is 33.1 Å². The predicted molar refractivity (Wildman–Crippen MR) is 388 cm³/mol. The molecular weight excluding hydrogens is 1260 g/mol. The number of aromatic amines is 2. The first-order valence-electron chi connectivity index (χ1n) is 32.6. The number of rotatable bonds is 13. The van der Waals surface area contributed by atoms with Gasteiger partial charge in [0.15, 0.2) is 6.23 Å². The lowest BCUT2D eigenvalue weighted by atomic mass is 10.1. The Morgan fingerprint density at radius 2 is 1.13 bits per heavy atom. The van der Waals surface area contributed by atoms with Gasteiger partial charge in [0.1, 0.15) is 50.8 Å². The molecule has 8 aromatic heterocycles. The van der Waals surface area contributed by atoms with Crippen molar-refractivity contribution in [2.75, 3.05) is 17.7 Å². The van der Waals surface area contributed by atoms with Gasteiger partial charge in [-0.15, -0.1) is 0 Å². The van der Waals surface area contributed by atoms with E-state index in [-0.39, 0.29) is 85.9 Å². The van der Waals surface area contributed by atoms with Crippen LogP contribution in [0.5, 0.6) is 5.75 Å². The number of aliphatic hydroxyl groups excluding tert-OH is 1. The number of allylic oxidation sites excluding steroid dienone is 4. The Balaban J connectivity index is 0.000000182. The second-order valence-corrected chi connectivity index (χ2v) is 30.5. The average Bonchev–Trinajstić information content (AvgIpc) is 1.45. The van der Waals surface area contributed by atoms with Crippen LogP contribution in [0.3, 0.4) is 0 Å². The van der Waals surface area contributed by atoms with Gasteiger partial charge in [0.05, 0.1) is 58.2 Å². The van der Waals surface area contributed by atoms with Gasteiger partial charge in [-0.05, 0) is 187 Å². The van der Waals surface area contributed by atoms with Crippen molar-refractivity contribution in [2.45, 2.75) is 153 Å². The monoisotopic (exact) mass is 1350 g/mol. The van der Waals surface area contributed by atoms with Crippen LogP contribution in [0.25, 0.3) is 33.1 Å². The van der Waals surface area contributed by atoms with Crippen LogP contribution >= 0.6 is 0 Å². The Morgan fingerprint density at radius 1 is 0.633 bits per heavy atom. The molecule has 2 atom stereocenters. The summed E-state index contributed by atoms with van der Waals surface area (Å²) < 4.78 is 38.6. The number of nitrogens with zero attached hydrogens (tertiary/aromatic N) is 8. The number of hydrogen-bond donors (Lipinski definition) is 5. The highest BCUT2D eigenvalue weighted by Gasteiger charge is 2.50. The minimum absolute atomic E-state index is 0.0202. The van der Waals surface area contributed by atoms with Gasteiger partial charge in [-0.1, -0.05) is 71.4 Å². The number of nitrogens with two attached hydrogens (primary N) is 1. The highest BCUT2D eigenvalue weighted by molar-refractivity contribution is 6.78. The molecule has 10 heterocycles. The van der Waals surface area contributed by atoms with Crippen LogP contribution in [0.15, 0.2) is 185 Å². The molecule has 0 saturated carbocycles. The lowest BCUT2D eigenvalue weighted by Gasteiger charge is -2.42. The van der Waals surface area contributed by atoms with Gasteiger partial charge in [0.25, 0.3) is 20.1 Å². The lowest BCUT2D eigenvalue weighted by Crippen LogP contribution is -2.51. The highest BCUT2D eigenvalue weighted by Crippen LogP contribution is 2.48. The van der Waals surface area contributed by atoms with Gasteiger partial charge in [-0.2, -0.15) is 0 Å². The number of benzene rings is 2. The zero-order chi connectivity index (χ0) is 71.7. The highest BCUT2D eigenvalue weighted by atomic mass is 28.4. The Bertz CT molecular complexity index is 4540. The van der Waals surface area contributed by atoms with Gasteiger partial charge in [-0.25, -0.2) is 13.8 Å². The minimum atomic E-state index is -2.44. The van der Waals surface area contributed by atoms with Gasteiger partial charge in [-0.3, -0.25) is 44.1 Å². The third-order valence-corrected chi connectivity index (χ3v) is 23.1. The number of aromatic nitrogens is 8. The summed E-state index contributed by atoms with van der Waals surface area (Å²) in [7, 11) is -2.44. The first-order chi connectivity index (χ1) is 46.6. The van der Waals surface area contributed by atoms with E-state index in [1.54, 1.807) is 90.5 Å². The molecule has 2 unspecified atom stereocenters. The number of fused-ring (bicyclic) bond motifs is 5. The van der Waals surface area contributed by atoms with E-state index < -0.39 is 14.5 Å². The van der Waals surface area contributed by atoms with Gasteiger partial charge in [0.2, 0.25) is 10.9 Å². The lowest BCUT2D eigenvalue weighted by molar-refractivity contribution is 0.0120. The number of nitrogen functional groups attached to an aromatic ring is 1. The van der Waals surface area contributed by atoms with Crippen molar-refractivity contribution in [3.8, 4) is 5.75 Å². The first kappa shape index (κ1) is 75.1. The van der Waals surface area contributed by atoms with Crippen LogP contribution < -0.4 is 26.3 Å². The zero-order valence-electron chi connectivity index (χ0n) is 58.7. The molecule has 514 valence electrons. The van der Waals surface area contributed by atoms with Crippen LogP contribution in [-0.4, -0.2) is 81.5 Å². The largest absolute Gasteiger partial charge is 0.541 e. The van der Waals surface area contributed by atoms with E-state index in [2.05, 4.69) is 108 Å². The first-order valence-corrected chi connectivity index (χ1v) is 34.7. The number of aliphatic hydroxyl groups is 1. The molecule has 2 amide bonds. The number of aryl methyl sites for hydroxylation is 1. The molecule has 6 N–H and O–H groups in total. The third kappa shape index (κ3) is 18.0. The second-order valence-electron chi connectivity index (χ2n) is 25.2. The standard InChI is InChI=1S/C26H32FN3O3Si.C18H14FN3O2.C10H10N2O.C10H14N2.C7H14O.C5H6N2/c1-15(2)34(16(3)4,17(5)6)33-24-21-23(29-20-8-7-13-28-22(20)24)26(32)30(25(21)31)14-18-9-11-19(27)12-10-18;1-10-15-14(17(23)16-13(21-15)3-2-8-20-16)18(24)22(10)9-11-4-6-12(19)7-5-11;1-6-7(2)12-8-4-3-5-11-9(8)10(6)13;1-8(2)9(3)12-10-5-4-6-11-7-10;1-5-8-7(4)6(2)3;6-5-2-1-3-7-4-5/h7-13,15-17,26,32H,14H2,1-6H3;2-8,10H,9H2,1H3,(H,21,23);3-5H,1-2H3,(H,12,13);4-7,12H,1-3H3;5H2,1-4H3;1-4H,6H2. The molecule has 19 nitrogen and oxygen atoms in total. The molecule has 0 saturated heterocycles. The summed E-state index contributed by atoms with van der Waals surface area (Å²) in [5.41, 5.74) is 19.1. The van der Waals surface area contributed by atoms with E-state index in [4.69, 9.17) is 14.9 Å². The smallest absolute Gasteiger partial charge is 0.262 e. The van der Waals surface area contributed by atoms with Crippen molar-refractivity contribution in [1.82, 2.24) is 49.7 Å². The summed E-state index contributed by atoms with van der Waals surface area (Å²) in [6.45, 7) is 34.2. The number of H-pyrrole nitrogens is 2. The number of nitrogens with one attached hydrogen (secondary N) is 3. The van der Waals surface area contributed by atoms with Crippen LogP contribution in [0.4, 0.5) is 20.2 Å². The average molecular weight is 1350 g/mol. The summed E-state index contributed by atoms with van der Waals surface area (Å²) in [6.07, 6.45) is 10.5. The maximum Gasteiger partial charge on any atom is 0.262 e. The fourth-order valence-corrected chi connectivity index (χ4v) is 16.7. The van der Waals surface area contributed by atoms with Crippen LogP contribution in [0.1, 0.15) is 164 Å². The van der Waals surface area contributed by atoms with Crippen molar-refractivity contribution >= 4 is 64.6 Å². The van der Waals surface area contributed by atoms with Crippen molar-refractivity contribution in [1.29, 1.82) is 0 Å². The Morgan fingerprint density at radius 3 is 1.61 bits per heavy atom. The summed E-state index contributed by atoms with van der Waals surface area (Å²) in [6, 6.07) is 29.9. The van der Waals surface area contributed by atoms with Crippen LogP contribution in [0, 0.1) is 25.5 Å². The molecule has 2 aliphatic heterocycles. The maximum atomic E-state index is 13.7. The second kappa shape index (κ2) is 34.1. The summed E-state index contributed by atoms with van der Waals surface area (Å²) in [5, 5.41) is 14.4. The fraction of sp³-hybridized carbons (Fsp3) is 0.316. The third-order valence-electron chi connectivity index (χ3n) is 17.1. The van der Waals surface area contributed by atoms with E-state index in [1.807, 2.05) is 85.0 Å². The number of carbonyl (C=O) groups excluding carboxylic acids is 2. The van der Waals surface area contributed by atoms with Crippen molar-refractivity contribution in [3.63, 3.8) is 0 Å². The Labute approximate surface area is 572 Å². The van der Waals surface area contributed by atoms with Crippen LogP contribution in [-0.2, 0) is 17.8 Å². The molecule has 0 spiro atoms. The minimum Gasteiger partial charge on any atom is -0.541 e. The number of amides is 2. The molecule has 0 radical (unpaired) electrons. The van der Waals surface area contributed by atoms with Gasteiger partial charge >= 0.3 is 0 Å². The number of anilines is 2. The molecule has 2 aromatic carbocycles.